The first-order chi connectivity index (χ1) is 9.67. The third-order valence-electron chi connectivity index (χ3n) is 4.83. The molecule has 0 bridgehead atoms. The Morgan fingerprint density at radius 2 is 1.70 bits per heavy atom. The fraction of sp³-hybridized carbons (Fsp3) is 0.667. The van der Waals surface area contributed by atoms with Gasteiger partial charge in [-0.2, -0.15) is 0 Å². The Morgan fingerprint density at radius 3 is 2.30 bits per heavy atom. The lowest BCUT2D eigenvalue weighted by atomic mass is 9.77. The summed E-state index contributed by atoms with van der Waals surface area (Å²) in [5, 5.41) is 0. The van der Waals surface area contributed by atoms with Crippen LogP contribution in [0, 0.1) is 17.6 Å². The second-order valence-electron chi connectivity index (χ2n) is 6.16. The zero-order chi connectivity index (χ0) is 14.5. The minimum Gasteiger partial charge on any atom is -0.203 e. The number of hydrogen-bond acceptors (Lipinski definition) is 0. The second-order valence-corrected chi connectivity index (χ2v) is 6.16. The highest BCUT2D eigenvalue weighted by molar-refractivity contribution is 5.29. The Bertz CT molecular complexity index is 431. The number of unbranched alkanes of at least 4 members (excludes halogenated alkanes) is 1. The van der Waals surface area contributed by atoms with E-state index in [4.69, 9.17) is 0 Å². The lowest BCUT2D eigenvalue weighted by molar-refractivity contribution is 0.299. The molecule has 1 aromatic rings. The van der Waals surface area contributed by atoms with E-state index in [-0.39, 0.29) is 5.92 Å². The third-order valence-corrected chi connectivity index (χ3v) is 4.83. The average molecular weight is 280 g/mol. The van der Waals surface area contributed by atoms with Crippen LogP contribution < -0.4 is 0 Å². The van der Waals surface area contributed by atoms with Crippen molar-refractivity contribution in [1.82, 2.24) is 0 Å². The quantitative estimate of drug-likeness (QED) is 0.621. The molecule has 0 aromatic heterocycles. The summed E-state index contributed by atoms with van der Waals surface area (Å²) in [6.07, 6.45) is 8.75. The molecule has 1 aromatic carbocycles. The monoisotopic (exact) mass is 280 g/mol. The first-order valence-electron chi connectivity index (χ1n) is 8.14. The van der Waals surface area contributed by atoms with Gasteiger partial charge in [0.1, 0.15) is 0 Å². The molecule has 2 rings (SSSR count). The van der Waals surface area contributed by atoms with Gasteiger partial charge in [-0.25, -0.2) is 8.78 Å². The minimum atomic E-state index is -0.627. The first-order valence-corrected chi connectivity index (χ1v) is 8.14. The van der Waals surface area contributed by atoms with Crippen LogP contribution in [0.4, 0.5) is 8.78 Å². The van der Waals surface area contributed by atoms with E-state index in [0.717, 1.165) is 18.8 Å². The molecule has 0 heterocycles. The van der Waals surface area contributed by atoms with Gasteiger partial charge in [0.05, 0.1) is 0 Å². The fourth-order valence-electron chi connectivity index (χ4n) is 3.45. The molecule has 1 aliphatic carbocycles. The van der Waals surface area contributed by atoms with E-state index in [9.17, 15) is 8.78 Å². The van der Waals surface area contributed by atoms with Crippen LogP contribution in [0.5, 0.6) is 0 Å². The van der Waals surface area contributed by atoms with Crippen LogP contribution in [0.15, 0.2) is 12.1 Å². The normalized spacial score (nSPS) is 23.0. The van der Waals surface area contributed by atoms with E-state index in [2.05, 4.69) is 6.92 Å². The molecule has 1 saturated carbocycles. The van der Waals surface area contributed by atoms with Crippen LogP contribution >= 0.6 is 0 Å². The largest absolute Gasteiger partial charge is 0.203 e. The van der Waals surface area contributed by atoms with Gasteiger partial charge in [0.15, 0.2) is 11.6 Å². The van der Waals surface area contributed by atoms with Gasteiger partial charge in [-0.3, -0.25) is 0 Å². The summed E-state index contributed by atoms with van der Waals surface area (Å²) < 4.78 is 28.0. The van der Waals surface area contributed by atoms with E-state index in [1.54, 1.807) is 6.07 Å². The van der Waals surface area contributed by atoms with Crippen molar-refractivity contribution in [2.45, 2.75) is 71.1 Å². The number of aryl methyl sites for hydroxylation is 1. The SMILES string of the molecule is CCCCC1CCC(c2ccc(CC)c(F)c2F)CC1. The Morgan fingerprint density at radius 1 is 1.00 bits per heavy atom. The lowest BCUT2D eigenvalue weighted by Crippen LogP contribution is -2.15. The maximum atomic E-state index is 14.2. The molecule has 1 aliphatic rings. The highest BCUT2D eigenvalue weighted by Crippen LogP contribution is 2.39. The van der Waals surface area contributed by atoms with Crippen LogP contribution in [0.3, 0.4) is 0 Å². The van der Waals surface area contributed by atoms with Crippen LogP contribution in [0.2, 0.25) is 0 Å². The van der Waals surface area contributed by atoms with E-state index < -0.39 is 11.6 Å². The minimum absolute atomic E-state index is 0.216. The summed E-state index contributed by atoms with van der Waals surface area (Å²) in [6, 6.07) is 3.57. The van der Waals surface area contributed by atoms with Crippen molar-refractivity contribution in [3.8, 4) is 0 Å². The van der Waals surface area contributed by atoms with Crippen molar-refractivity contribution in [3.63, 3.8) is 0 Å². The van der Waals surface area contributed by atoms with Gasteiger partial charge in [0.2, 0.25) is 0 Å². The molecule has 0 N–H and O–H groups in total. The Labute approximate surface area is 121 Å². The summed E-state index contributed by atoms with van der Waals surface area (Å²) in [7, 11) is 0. The maximum absolute atomic E-state index is 14.2. The molecular formula is C18H26F2. The number of halogens is 2. The van der Waals surface area contributed by atoms with Gasteiger partial charge in [-0.05, 0) is 55.1 Å². The summed E-state index contributed by atoms with van der Waals surface area (Å²) in [5.74, 6) is -0.207. The third kappa shape index (κ3) is 3.39. The van der Waals surface area contributed by atoms with Gasteiger partial charge in [0, 0.05) is 0 Å². The molecule has 0 radical (unpaired) electrons. The molecule has 0 atom stereocenters. The molecule has 0 spiro atoms. The van der Waals surface area contributed by atoms with E-state index >= 15 is 0 Å². The van der Waals surface area contributed by atoms with Crippen molar-refractivity contribution in [3.05, 3.63) is 34.9 Å². The molecule has 0 amide bonds. The fourth-order valence-corrected chi connectivity index (χ4v) is 3.45. The standard InChI is InChI=1S/C18H26F2/c1-3-5-6-13-7-9-15(10-8-13)16-12-11-14(4-2)17(19)18(16)20/h11-13,15H,3-10H2,1-2H3. The number of hydrogen-bond donors (Lipinski definition) is 0. The molecular weight excluding hydrogens is 254 g/mol. The molecule has 0 aliphatic heterocycles. The van der Waals surface area contributed by atoms with Crippen molar-refractivity contribution < 1.29 is 8.78 Å². The number of rotatable bonds is 5. The predicted molar refractivity (Wildman–Crippen MR) is 80.0 cm³/mol. The second kappa shape index (κ2) is 7.19. The van der Waals surface area contributed by atoms with Crippen molar-refractivity contribution in [1.29, 1.82) is 0 Å². The lowest BCUT2D eigenvalue weighted by Gasteiger charge is -2.29. The smallest absolute Gasteiger partial charge is 0.162 e. The highest BCUT2D eigenvalue weighted by atomic mass is 19.2. The Hall–Kier alpha value is -0.920. The summed E-state index contributed by atoms with van der Waals surface area (Å²) >= 11 is 0. The average Bonchev–Trinajstić information content (AvgIpc) is 2.48. The molecule has 0 saturated heterocycles. The summed E-state index contributed by atoms with van der Waals surface area (Å²) in [5.41, 5.74) is 1.09. The highest BCUT2D eigenvalue weighted by Gasteiger charge is 2.25. The van der Waals surface area contributed by atoms with Gasteiger partial charge in [0.25, 0.3) is 0 Å². The maximum Gasteiger partial charge on any atom is 0.162 e. The van der Waals surface area contributed by atoms with Crippen molar-refractivity contribution in [2.75, 3.05) is 0 Å². The van der Waals surface area contributed by atoms with Crippen LogP contribution in [-0.2, 0) is 6.42 Å². The van der Waals surface area contributed by atoms with Gasteiger partial charge >= 0.3 is 0 Å². The predicted octanol–water partition coefficient (Wildman–Crippen LogP) is 5.99. The molecule has 112 valence electrons. The summed E-state index contributed by atoms with van der Waals surface area (Å²) in [4.78, 5) is 0. The molecule has 2 heteroatoms. The van der Waals surface area contributed by atoms with E-state index in [1.807, 2.05) is 13.0 Å². The molecule has 1 fully saturated rings. The van der Waals surface area contributed by atoms with Gasteiger partial charge < -0.3 is 0 Å². The summed E-state index contributed by atoms with van der Waals surface area (Å²) in [6.45, 7) is 4.08. The molecule has 0 unspecified atom stereocenters. The van der Waals surface area contributed by atoms with Crippen LogP contribution in [0.1, 0.15) is 75.8 Å². The van der Waals surface area contributed by atoms with E-state index in [1.165, 1.54) is 32.1 Å². The zero-order valence-corrected chi connectivity index (χ0v) is 12.7. The van der Waals surface area contributed by atoms with Crippen LogP contribution in [-0.4, -0.2) is 0 Å². The zero-order valence-electron chi connectivity index (χ0n) is 12.7. The Kier molecular flexibility index (Phi) is 5.56. The number of benzene rings is 1. The van der Waals surface area contributed by atoms with Crippen molar-refractivity contribution in [2.24, 2.45) is 5.92 Å². The van der Waals surface area contributed by atoms with Crippen molar-refractivity contribution >= 4 is 0 Å². The molecule has 20 heavy (non-hydrogen) atoms. The van der Waals surface area contributed by atoms with E-state index in [0.29, 0.717) is 17.5 Å². The topological polar surface area (TPSA) is 0 Å². The van der Waals surface area contributed by atoms with Crippen LogP contribution in [0.25, 0.3) is 0 Å². The van der Waals surface area contributed by atoms with Gasteiger partial charge in [-0.15, -0.1) is 0 Å². The van der Waals surface area contributed by atoms with Gasteiger partial charge in [-0.1, -0.05) is 45.2 Å². The molecule has 0 nitrogen and oxygen atoms in total. The Balaban J connectivity index is 2.02. The first kappa shape index (κ1) is 15.5.